The van der Waals surface area contributed by atoms with Gasteiger partial charge in [-0.3, -0.25) is 0 Å². The number of aromatic nitrogens is 2. The van der Waals surface area contributed by atoms with Gasteiger partial charge < -0.3 is 0 Å². The van der Waals surface area contributed by atoms with Crippen molar-refractivity contribution in [1.82, 2.24) is 9.97 Å². The second kappa shape index (κ2) is 6.67. The Kier molecular flexibility index (Phi) is 5.33. The van der Waals surface area contributed by atoms with Crippen LogP contribution < -0.4 is 0 Å². The van der Waals surface area contributed by atoms with Crippen molar-refractivity contribution in [1.29, 1.82) is 0 Å². The van der Waals surface area contributed by atoms with Gasteiger partial charge in [-0.2, -0.15) is 0 Å². The lowest BCUT2D eigenvalue weighted by molar-refractivity contribution is 0.560. The van der Waals surface area contributed by atoms with Crippen LogP contribution in [0.3, 0.4) is 0 Å². The molecule has 0 fully saturated rings. The molecule has 2 aromatic rings. The van der Waals surface area contributed by atoms with Gasteiger partial charge in [0.05, 0.1) is 15.9 Å². The molecule has 0 saturated carbocycles. The number of hydrogen-bond acceptors (Lipinski definition) is 3. The van der Waals surface area contributed by atoms with Crippen molar-refractivity contribution >= 4 is 39.3 Å². The highest BCUT2D eigenvalue weighted by Crippen LogP contribution is 2.33. The molecule has 0 bridgehead atoms. The summed E-state index contributed by atoms with van der Waals surface area (Å²) >= 11 is 11.5. The number of halogens is 2. The van der Waals surface area contributed by atoms with Gasteiger partial charge in [-0.15, -0.1) is 11.8 Å². The van der Waals surface area contributed by atoms with Gasteiger partial charge in [0.25, 0.3) is 0 Å². The van der Waals surface area contributed by atoms with Crippen LogP contribution in [-0.2, 0) is 11.2 Å². The average molecular weight is 386 g/mol. The molecule has 0 N–H and O–H groups in total. The van der Waals surface area contributed by atoms with Crippen LogP contribution >= 0.6 is 39.3 Å². The molecule has 2 rings (SSSR count). The zero-order valence-corrected chi connectivity index (χ0v) is 15.7. The highest BCUT2D eigenvalue weighted by atomic mass is 79.9. The van der Waals surface area contributed by atoms with Crippen LogP contribution in [0.25, 0.3) is 0 Å². The van der Waals surface area contributed by atoms with Crippen LogP contribution in [0.1, 0.15) is 37.9 Å². The molecule has 112 valence electrons. The van der Waals surface area contributed by atoms with Crippen molar-refractivity contribution < 1.29 is 0 Å². The summed E-state index contributed by atoms with van der Waals surface area (Å²) in [5, 5.41) is 0.482. The van der Waals surface area contributed by atoms with E-state index in [9.17, 15) is 0 Å². The Balaban J connectivity index is 2.26. The number of aryl methyl sites for hydroxylation is 1. The minimum absolute atomic E-state index is 0.0759. The van der Waals surface area contributed by atoms with E-state index < -0.39 is 0 Å². The maximum Gasteiger partial charge on any atom is 0.147 e. The van der Waals surface area contributed by atoms with Crippen LogP contribution in [0.4, 0.5) is 0 Å². The number of nitrogens with zero attached hydrogens (tertiary/aromatic N) is 2. The van der Waals surface area contributed by atoms with Gasteiger partial charge in [0.2, 0.25) is 0 Å². The smallest absolute Gasteiger partial charge is 0.147 e. The molecule has 0 spiro atoms. The third-order valence-corrected chi connectivity index (χ3v) is 5.44. The zero-order chi connectivity index (χ0) is 15.6. The number of benzene rings is 1. The Labute approximate surface area is 143 Å². The summed E-state index contributed by atoms with van der Waals surface area (Å²) in [7, 11) is 0. The third kappa shape index (κ3) is 4.21. The predicted molar refractivity (Wildman–Crippen MR) is 94.2 cm³/mol. The molecule has 0 atom stereocenters. The van der Waals surface area contributed by atoms with Gasteiger partial charge in [0.1, 0.15) is 11.0 Å². The van der Waals surface area contributed by atoms with E-state index >= 15 is 0 Å². The van der Waals surface area contributed by atoms with E-state index in [1.807, 2.05) is 12.1 Å². The lowest BCUT2D eigenvalue weighted by atomic mass is 9.92. The maximum absolute atomic E-state index is 6.23. The van der Waals surface area contributed by atoms with Crippen molar-refractivity contribution in [3.05, 3.63) is 51.0 Å². The summed E-state index contributed by atoms with van der Waals surface area (Å²) in [5.74, 6) is 1.47. The second-order valence-electron chi connectivity index (χ2n) is 5.90. The topological polar surface area (TPSA) is 25.8 Å². The van der Waals surface area contributed by atoms with Gasteiger partial charge in [-0.25, -0.2) is 9.97 Å². The first-order chi connectivity index (χ1) is 9.79. The fourth-order valence-corrected chi connectivity index (χ4v) is 3.73. The number of hydrogen-bond donors (Lipinski definition) is 0. The van der Waals surface area contributed by atoms with Gasteiger partial charge in [0, 0.05) is 10.3 Å². The van der Waals surface area contributed by atoms with Crippen LogP contribution in [0.2, 0.25) is 5.15 Å². The minimum Gasteiger partial charge on any atom is -0.235 e. The lowest BCUT2D eigenvalue weighted by Gasteiger charge is -2.20. The van der Waals surface area contributed by atoms with Crippen molar-refractivity contribution in [3.8, 4) is 0 Å². The average Bonchev–Trinajstić information content (AvgIpc) is 2.40. The molecule has 0 unspecified atom stereocenters. The summed E-state index contributed by atoms with van der Waals surface area (Å²) < 4.78 is 0.793. The first kappa shape index (κ1) is 16.8. The molecular formula is C16H18BrClN2S. The van der Waals surface area contributed by atoms with Crippen LogP contribution in [0.15, 0.2) is 33.6 Å². The summed E-state index contributed by atoms with van der Waals surface area (Å²) in [6.45, 7) is 8.47. The van der Waals surface area contributed by atoms with E-state index in [0.29, 0.717) is 10.9 Å². The van der Waals surface area contributed by atoms with E-state index in [4.69, 9.17) is 11.6 Å². The monoisotopic (exact) mass is 384 g/mol. The maximum atomic E-state index is 6.23. The largest absolute Gasteiger partial charge is 0.235 e. The summed E-state index contributed by atoms with van der Waals surface area (Å²) in [6, 6.07) is 8.32. The van der Waals surface area contributed by atoms with Gasteiger partial charge in [-0.05, 0) is 34.5 Å². The highest BCUT2D eigenvalue weighted by Gasteiger charge is 2.22. The summed E-state index contributed by atoms with van der Waals surface area (Å²) in [4.78, 5) is 10.3. The van der Waals surface area contributed by atoms with E-state index in [0.717, 1.165) is 16.0 Å². The second-order valence-corrected chi connectivity index (χ2v) is 8.07. The molecule has 1 heterocycles. The fourth-order valence-electron chi connectivity index (χ4n) is 1.89. The van der Waals surface area contributed by atoms with E-state index in [1.165, 1.54) is 10.5 Å². The molecule has 0 aliphatic carbocycles. The molecule has 1 aromatic heterocycles. The first-order valence-corrected chi connectivity index (χ1v) is 8.85. The third-order valence-electron chi connectivity index (χ3n) is 3.02. The number of rotatable bonds is 3. The Morgan fingerprint density at radius 3 is 2.48 bits per heavy atom. The molecule has 0 aliphatic rings. The predicted octanol–water partition coefficient (Wildman–Crippen LogP) is 5.79. The molecule has 5 heteroatoms. The van der Waals surface area contributed by atoms with Gasteiger partial charge in [-0.1, -0.05) is 50.6 Å². The Morgan fingerprint density at radius 1 is 1.19 bits per heavy atom. The quantitative estimate of drug-likeness (QED) is 0.494. The fraction of sp³-hybridized carbons (Fsp3) is 0.375. The molecule has 0 radical (unpaired) electrons. The van der Waals surface area contributed by atoms with Crippen molar-refractivity contribution in [2.24, 2.45) is 0 Å². The molecule has 0 amide bonds. The summed E-state index contributed by atoms with van der Waals surface area (Å²) in [6.07, 6.45) is 0. The Morgan fingerprint density at radius 2 is 1.86 bits per heavy atom. The molecule has 0 aliphatic heterocycles. The molecule has 0 saturated heterocycles. The molecule has 1 aromatic carbocycles. The zero-order valence-electron chi connectivity index (χ0n) is 12.6. The first-order valence-electron chi connectivity index (χ1n) is 6.70. The minimum atomic E-state index is -0.0759. The molecule has 21 heavy (non-hydrogen) atoms. The van der Waals surface area contributed by atoms with E-state index in [1.54, 1.807) is 11.8 Å². The van der Waals surface area contributed by atoms with Crippen molar-refractivity contribution in [2.75, 3.05) is 0 Å². The van der Waals surface area contributed by atoms with Crippen LogP contribution in [0.5, 0.6) is 0 Å². The SMILES string of the molecule is Cc1ccccc1SCc1nc(Cl)c(Br)c(C(C)(C)C)n1. The van der Waals surface area contributed by atoms with Crippen LogP contribution in [-0.4, -0.2) is 9.97 Å². The van der Waals surface area contributed by atoms with Crippen molar-refractivity contribution in [3.63, 3.8) is 0 Å². The number of thioether (sulfide) groups is 1. The van der Waals surface area contributed by atoms with Crippen LogP contribution in [0, 0.1) is 6.92 Å². The van der Waals surface area contributed by atoms with Gasteiger partial charge >= 0.3 is 0 Å². The summed E-state index contributed by atoms with van der Waals surface area (Å²) in [5.41, 5.74) is 2.14. The molecular weight excluding hydrogens is 368 g/mol. The Bertz CT molecular complexity index is 653. The normalized spacial score (nSPS) is 11.7. The highest BCUT2D eigenvalue weighted by molar-refractivity contribution is 9.10. The van der Waals surface area contributed by atoms with E-state index in [2.05, 4.69) is 65.7 Å². The van der Waals surface area contributed by atoms with Gasteiger partial charge in [0.15, 0.2) is 0 Å². The van der Waals surface area contributed by atoms with E-state index in [-0.39, 0.29) is 5.41 Å². The van der Waals surface area contributed by atoms with Crippen molar-refractivity contribution in [2.45, 2.75) is 43.8 Å². The Hall–Kier alpha value is -0.580. The molecule has 2 nitrogen and oxygen atoms in total. The lowest BCUT2D eigenvalue weighted by Crippen LogP contribution is -2.16. The standard InChI is InChI=1S/C16H18BrClN2S/c1-10-7-5-6-8-11(10)21-9-12-19-14(16(2,3)4)13(17)15(18)20-12/h5-8H,9H2,1-4H3.